The zero-order valence-electron chi connectivity index (χ0n) is 16.8. The van der Waals surface area contributed by atoms with Crippen molar-refractivity contribution in [1.82, 2.24) is 15.1 Å². The van der Waals surface area contributed by atoms with Gasteiger partial charge in [0.2, 0.25) is 0 Å². The van der Waals surface area contributed by atoms with Crippen LogP contribution in [0.25, 0.3) is 21.7 Å². The second-order valence-electron chi connectivity index (χ2n) is 7.85. The van der Waals surface area contributed by atoms with E-state index >= 15 is 0 Å². The molecule has 2 aromatic heterocycles. The van der Waals surface area contributed by atoms with Crippen molar-refractivity contribution in [2.75, 3.05) is 0 Å². The molecule has 0 bridgehead atoms. The molecule has 7 nitrogen and oxygen atoms in total. The molecule has 1 saturated carbocycles. The molecule has 0 radical (unpaired) electrons. The summed E-state index contributed by atoms with van der Waals surface area (Å²) in [6.07, 6.45) is 4.01. The highest BCUT2D eigenvalue weighted by Crippen LogP contribution is 2.28. The first-order valence-corrected chi connectivity index (χ1v) is 10.4. The van der Waals surface area contributed by atoms with Gasteiger partial charge in [-0.2, -0.15) is 5.10 Å². The van der Waals surface area contributed by atoms with Gasteiger partial charge in [0.1, 0.15) is 11.1 Å². The quantitative estimate of drug-likeness (QED) is 0.515. The first-order chi connectivity index (χ1) is 15.1. The van der Waals surface area contributed by atoms with Crippen LogP contribution in [0, 0.1) is 0 Å². The number of aromatic nitrogens is 2. The largest absolute Gasteiger partial charge is 0.422 e. The van der Waals surface area contributed by atoms with Gasteiger partial charge in [0.05, 0.1) is 23.7 Å². The molecule has 0 spiro atoms. The van der Waals surface area contributed by atoms with Crippen LogP contribution in [0.5, 0.6) is 0 Å². The number of para-hydroxylation sites is 1. The van der Waals surface area contributed by atoms with Crippen molar-refractivity contribution in [1.29, 1.82) is 0 Å². The fourth-order valence-electron chi connectivity index (χ4n) is 4.28. The average molecular weight is 415 g/mol. The van der Waals surface area contributed by atoms with Crippen molar-refractivity contribution in [3.63, 3.8) is 0 Å². The van der Waals surface area contributed by atoms with Gasteiger partial charge < -0.3 is 9.73 Å². The van der Waals surface area contributed by atoms with Crippen LogP contribution in [0.2, 0.25) is 0 Å². The van der Waals surface area contributed by atoms with E-state index in [0.29, 0.717) is 27.4 Å². The first-order valence-electron chi connectivity index (χ1n) is 10.4. The fraction of sp³-hybridized carbons (Fsp3) is 0.250. The summed E-state index contributed by atoms with van der Waals surface area (Å²) in [5, 5.41) is 9.34. The molecule has 7 heteroatoms. The van der Waals surface area contributed by atoms with E-state index in [1.54, 1.807) is 28.9 Å². The Morgan fingerprint density at radius 1 is 1.03 bits per heavy atom. The van der Waals surface area contributed by atoms with Crippen LogP contribution in [0.1, 0.15) is 47.8 Å². The van der Waals surface area contributed by atoms with Crippen molar-refractivity contribution in [3.8, 4) is 0 Å². The molecule has 4 aromatic rings. The molecule has 0 saturated heterocycles. The number of rotatable bonds is 4. The lowest BCUT2D eigenvalue weighted by atomic mass is 10.1. The summed E-state index contributed by atoms with van der Waals surface area (Å²) in [6.45, 7) is 0.0958. The molecule has 0 unspecified atom stereocenters. The van der Waals surface area contributed by atoms with E-state index in [1.165, 1.54) is 6.07 Å². The molecular formula is C24H21N3O4. The lowest BCUT2D eigenvalue weighted by Crippen LogP contribution is -2.31. The van der Waals surface area contributed by atoms with Gasteiger partial charge in [-0.25, -0.2) is 9.48 Å². The van der Waals surface area contributed by atoms with Crippen LogP contribution in [-0.4, -0.2) is 15.7 Å². The summed E-state index contributed by atoms with van der Waals surface area (Å²) >= 11 is 0. The Bertz CT molecular complexity index is 1410. The van der Waals surface area contributed by atoms with Gasteiger partial charge in [0.25, 0.3) is 11.5 Å². The van der Waals surface area contributed by atoms with E-state index in [4.69, 9.17) is 4.42 Å². The van der Waals surface area contributed by atoms with E-state index in [-0.39, 0.29) is 23.7 Å². The van der Waals surface area contributed by atoms with Crippen molar-refractivity contribution in [2.24, 2.45) is 0 Å². The highest BCUT2D eigenvalue weighted by molar-refractivity contribution is 5.96. The Balaban J connectivity index is 1.49. The Morgan fingerprint density at radius 3 is 2.55 bits per heavy atom. The number of fused-ring (bicyclic) bond motifs is 2. The predicted octanol–water partition coefficient (Wildman–Crippen LogP) is 3.55. The smallest absolute Gasteiger partial charge is 0.349 e. The maximum absolute atomic E-state index is 13.0. The summed E-state index contributed by atoms with van der Waals surface area (Å²) in [6, 6.07) is 15.9. The summed E-state index contributed by atoms with van der Waals surface area (Å²) in [7, 11) is 0. The first kappa shape index (κ1) is 19.2. The predicted molar refractivity (Wildman–Crippen MR) is 117 cm³/mol. The maximum Gasteiger partial charge on any atom is 0.349 e. The van der Waals surface area contributed by atoms with Crippen LogP contribution in [0.4, 0.5) is 0 Å². The van der Waals surface area contributed by atoms with Crippen molar-refractivity contribution < 1.29 is 9.21 Å². The number of nitrogens with one attached hydrogen (secondary N) is 1. The highest BCUT2D eigenvalue weighted by atomic mass is 16.4. The van der Waals surface area contributed by atoms with Gasteiger partial charge in [-0.3, -0.25) is 9.59 Å². The van der Waals surface area contributed by atoms with Gasteiger partial charge in [0.15, 0.2) is 0 Å². The van der Waals surface area contributed by atoms with Gasteiger partial charge in [-0.1, -0.05) is 49.2 Å². The van der Waals surface area contributed by atoms with E-state index < -0.39 is 11.5 Å². The molecule has 2 aromatic carbocycles. The van der Waals surface area contributed by atoms with Crippen molar-refractivity contribution in [3.05, 3.63) is 86.6 Å². The lowest BCUT2D eigenvalue weighted by Gasteiger charge is -2.16. The van der Waals surface area contributed by atoms with Crippen LogP contribution in [-0.2, 0) is 6.54 Å². The van der Waals surface area contributed by atoms with Gasteiger partial charge >= 0.3 is 5.63 Å². The van der Waals surface area contributed by atoms with Gasteiger partial charge in [-0.15, -0.1) is 0 Å². The molecule has 1 fully saturated rings. The second-order valence-corrected chi connectivity index (χ2v) is 7.85. The Labute approximate surface area is 177 Å². The lowest BCUT2D eigenvalue weighted by molar-refractivity contribution is 0.0947. The van der Waals surface area contributed by atoms with Gasteiger partial charge in [-0.05, 0) is 31.0 Å². The SMILES string of the molecule is O=C(NCc1nn(C2CCCC2)c(=O)c2ccccc12)c1cc2ccccc2oc1=O. The maximum atomic E-state index is 13.0. The van der Waals surface area contributed by atoms with E-state index in [2.05, 4.69) is 10.4 Å². The topological polar surface area (TPSA) is 94.2 Å². The molecule has 156 valence electrons. The second kappa shape index (κ2) is 7.83. The fourth-order valence-corrected chi connectivity index (χ4v) is 4.28. The number of benzene rings is 2. The van der Waals surface area contributed by atoms with Crippen LogP contribution >= 0.6 is 0 Å². The van der Waals surface area contributed by atoms with Crippen LogP contribution < -0.4 is 16.5 Å². The van der Waals surface area contributed by atoms with E-state index in [0.717, 1.165) is 25.7 Å². The molecule has 1 N–H and O–H groups in total. The Kier molecular flexibility index (Phi) is 4.86. The molecule has 0 aliphatic heterocycles. The molecule has 2 heterocycles. The van der Waals surface area contributed by atoms with E-state index in [1.807, 2.05) is 24.3 Å². The van der Waals surface area contributed by atoms with Crippen LogP contribution in [0.15, 0.2) is 68.6 Å². The molecule has 31 heavy (non-hydrogen) atoms. The Hall–Kier alpha value is -3.74. The molecule has 1 aliphatic carbocycles. The van der Waals surface area contributed by atoms with Crippen LogP contribution in [0.3, 0.4) is 0 Å². The third-order valence-corrected chi connectivity index (χ3v) is 5.88. The minimum atomic E-state index is -0.690. The van der Waals surface area contributed by atoms with E-state index in [9.17, 15) is 14.4 Å². The average Bonchev–Trinajstić information content (AvgIpc) is 3.33. The summed E-state index contributed by atoms with van der Waals surface area (Å²) in [5.74, 6) is -0.538. The molecule has 5 rings (SSSR count). The van der Waals surface area contributed by atoms with Gasteiger partial charge in [0, 0.05) is 10.8 Å². The van der Waals surface area contributed by atoms with Crippen molar-refractivity contribution in [2.45, 2.75) is 38.3 Å². The number of amides is 1. The third-order valence-electron chi connectivity index (χ3n) is 5.88. The number of hydrogen-bond donors (Lipinski definition) is 1. The minimum absolute atomic E-state index is 0.0629. The highest BCUT2D eigenvalue weighted by Gasteiger charge is 2.22. The normalized spacial score (nSPS) is 14.3. The molecule has 1 aliphatic rings. The number of carbonyl (C=O) groups excluding carboxylic acids is 1. The summed E-state index contributed by atoms with van der Waals surface area (Å²) < 4.78 is 6.83. The van der Waals surface area contributed by atoms with Crippen molar-refractivity contribution >= 4 is 27.6 Å². The summed E-state index contributed by atoms with van der Waals surface area (Å²) in [4.78, 5) is 38.0. The standard InChI is InChI=1S/C24H21N3O4/c28-22(19-13-15-7-1-6-12-21(15)31-24(19)30)25-14-20-17-10-4-5-11-18(17)23(29)27(26-20)16-8-2-3-9-16/h1,4-7,10-13,16H,2-3,8-9,14H2,(H,25,28). The molecule has 0 atom stereocenters. The number of nitrogens with zero attached hydrogens (tertiary/aromatic N) is 2. The third kappa shape index (κ3) is 3.52. The summed E-state index contributed by atoms with van der Waals surface area (Å²) in [5.41, 5.74) is 0.172. The number of carbonyl (C=O) groups is 1. The zero-order chi connectivity index (χ0) is 21.4. The zero-order valence-corrected chi connectivity index (χ0v) is 16.8. The molecular weight excluding hydrogens is 394 g/mol. The Morgan fingerprint density at radius 2 is 1.74 bits per heavy atom. The number of hydrogen-bond acceptors (Lipinski definition) is 5. The minimum Gasteiger partial charge on any atom is -0.422 e. The molecule has 1 amide bonds. The monoisotopic (exact) mass is 415 g/mol.